The number of carbonyl (C=O) groups excluding carboxylic acids is 1. The van der Waals surface area contributed by atoms with Gasteiger partial charge in [0.25, 0.3) is 0 Å². The number of nitrogens with zero attached hydrogens (tertiary/aromatic N) is 1. The van der Waals surface area contributed by atoms with Gasteiger partial charge in [-0.25, -0.2) is 4.79 Å². The Balaban J connectivity index is 3.12. The predicted molar refractivity (Wildman–Crippen MR) is 107 cm³/mol. The van der Waals surface area contributed by atoms with Crippen LogP contribution in [0.2, 0.25) is 36.3 Å². The molecule has 1 aliphatic rings. The largest absolute Gasteiger partial charge is 0.480 e. The van der Waals surface area contributed by atoms with Crippen molar-refractivity contribution in [3.8, 4) is 0 Å². The molecule has 0 bridgehead atoms. The summed E-state index contributed by atoms with van der Waals surface area (Å²) in [5.41, 5.74) is 0. The molecule has 1 aliphatic heterocycles. The number of carboxylic acid groups (broad SMARTS) is 1. The van der Waals surface area contributed by atoms with Gasteiger partial charge < -0.3 is 14.1 Å². The molecule has 0 radical (unpaired) electrons. The number of amides is 1. The van der Waals surface area contributed by atoms with Crippen LogP contribution in [-0.2, 0) is 14.0 Å². The highest BCUT2D eigenvalue weighted by atomic mass is 28.4. The molecule has 0 spiro atoms. The number of hydrogen-bond donors (Lipinski definition) is 1. The minimum atomic E-state index is -2.23. The first-order valence-corrected chi connectivity index (χ1v) is 15.0. The van der Waals surface area contributed by atoms with E-state index in [0.717, 1.165) is 0 Å². The number of carboxylic acids is 1. The zero-order chi connectivity index (χ0) is 20.2. The molecule has 0 saturated carbocycles. The Bertz CT molecular complexity index is 546. The molecule has 1 rings (SSSR count). The lowest BCUT2D eigenvalue weighted by Crippen LogP contribution is -2.77. The van der Waals surface area contributed by atoms with Crippen LogP contribution in [0.1, 0.15) is 48.5 Å². The maximum atomic E-state index is 13.0. The molecule has 25 heavy (non-hydrogen) atoms. The molecule has 1 amide bonds. The summed E-state index contributed by atoms with van der Waals surface area (Å²) in [7, 11) is -4.30. The van der Waals surface area contributed by atoms with Crippen LogP contribution < -0.4 is 0 Å². The Labute approximate surface area is 155 Å². The number of carbonyl (C=O) groups is 2. The van der Waals surface area contributed by atoms with E-state index in [9.17, 15) is 14.7 Å². The van der Waals surface area contributed by atoms with Crippen molar-refractivity contribution in [2.45, 2.75) is 96.9 Å². The van der Waals surface area contributed by atoms with Gasteiger partial charge in [0, 0.05) is 0 Å². The van der Waals surface area contributed by atoms with Crippen LogP contribution in [0.3, 0.4) is 0 Å². The monoisotopic (exact) mass is 387 g/mol. The van der Waals surface area contributed by atoms with E-state index in [2.05, 4.69) is 67.7 Å². The van der Waals surface area contributed by atoms with E-state index in [1.165, 1.54) is 0 Å². The third-order valence-electron chi connectivity index (χ3n) is 6.62. The second-order valence-corrected chi connectivity index (χ2v) is 20.3. The maximum absolute atomic E-state index is 13.0. The van der Waals surface area contributed by atoms with Gasteiger partial charge in [-0.1, -0.05) is 54.6 Å². The third-order valence-corrected chi connectivity index (χ3v) is 16.6. The van der Waals surface area contributed by atoms with Gasteiger partial charge >= 0.3 is 5.97 Å². The van der Waals surface area contributed by atoms with Crippen molar-refractivity contribution < 1.29 is 19.1 Å². The van der Waals surface area contributed by atoms with E-state index in [1.807, 2.05) is 6.92 Å². The first kappa shape index (κ1) is 22.4. The molecule has 0 unspecified atom stereocenters. The zero-order valence-electron chi connectivity index (χ0n) is 17.9. The van der Waals surface area contributed by atoms with Crippen molar-refractivity contribution in [1.82, 2.24) is 4.57 Å². The van der Waals surface area contributed by atoms with Crippen LogP contribution in [0.15, 0.2) is 0 Å². The lowest BCUT2D eigenvalue weighted by Gasteiger charge is -2.58. The summed E-state index contributed by atoms with van der Waals surface area (Å²) in [5, 5.41) is 9.74. The van der Waals surface area contributed by atoms with Crippen LogP contribution >= 0.6 is 0 Å². The van der Waals surface area contributed by atoms with Crippen LogP contribution in [0.4, 0.5) is 0 Å². The number of rotatable bonds is 5. The topological polar surface area (TPSA) is 66.8 Å². The standard InChI is InChI=1S/C18H37NO4Si2/c1-12(23-25(10,11)18(5,6)7)13-14(16(21)22)19(15(13)20)24(8,9)17(2,3)4/h12-14H,1-11H3,(H,21,22)/t12-,13-,14-/m1/s1. The molecule has 0 aromatic carbocycles. The van der Waals surface area contributed by atoms with Gasteiger partial charge in [0.05, 0.1) is 12.0 Å². The van der Waals surface area contributed by atoms with Gasteiger partial charge in [0.2, 0.25) is 5.91 Å². The SMILES string of the molecule is C[C@@H](O[Si](C)(C)C(C)(C)C)[C@H]1C(=O)N([Si](C)(C)C(C)(C)C)[C@H]1C(=O)O. The van der Waals surface area contributed by atoms with Gasteiger partial charge in [-0.3, -0.25) is 4.79 Å². The number of hydrogen-bond acceptors (Lipinski definition) is 3. The van der Waals surface area contributed by atoms with Gasteiger partial charge in [-0.15, -0.1) is 0 Å². The molecule has 1 fully saturated rings. The second-order valence-electron chi connectivity index (χ2n) is 10.4. The summed E-state index contributed by atoms with van der Waals surface area (Å²) in [6.07, 6.45) is -0.379. The molecule has 7 heteroatoms. The van der Waals surface area contributed by atoms with Gasteiger partial charge in [-0.2, -0.15) is 0 Å². The molecule has 1 N–H and O–H groups in total. The molecule has 0 aromatic rings. The Morgan fingerprint density at radius 2 is 1.52 bits per heavy atom. The van der Waals surface area contributed by atoms with E-state index in [1.54, 1.807) is 4.57 Å². The van der Waals surface area contributed by atoms with E-state index < -0.39 is 34.5 Å². The smallest absolute Gasteiger partial charge is 0.326 e. The molecule has 1 heterocycles. The van der Waals surface area contributed by atoms with Crippen LogP contribution in [-0.4, -0.2) is 50.2 Å². The van der Waals surface area contributed by atoms with E-state index in [-0.39, 0.29) is 22.1 Å². The fourth-order valence-electron chi connectivity index (χ4n) is 2.93. The number of β-lactam (4-membered cyclic amide) rings is 1. The highest BCUT2D eigenvalue weighted by Gasteiger charge is 2.62. The van der Waals surface area contributed by atoms with Crippen molar-refractivity contribution in [1.29, 1.82) is 0 Å². The molecular weight excluding hydrogens is 350 g/mol. The normalized spacial score (nSPS) is 24.1. The van der Waals surface area contributed by atoms with Crippen molar-refractivity contribution in [3.05, 3.63) is 0 Å². The average molecular weight is 388 g/mol. The van der Waals surface area contributed by atoms with E-state index in [0.29, 0.717) is 0 Å². The van der Waals surface area contributed by atoms with E-state index >= 15 is 0 Å². The van der Waals surface area contributed by atoms with Gasteiger partial charge in [-0.05, 0) is 30.1 Å². The van der Waals surface area contributed by atoms with E-state index in [4.69, 9.17) is 4.43 Å². The summed E-state index contributed by atoms with van der Waals surface area (Å²) in [4.78, 5) is 25.0. The molecule has 3 atom stereocenters. The first-order valence-electron chi connectivity index (χ1n) is 9.10. The Morgan fingerprint density at radius 1 is 1.08 bits per heavy atom. The molecule has 1 saturated heterocycles. The third kappa shape index (κ3) is 3.88. The lowest BCUT2D eigenvalue weighted by molar-refractivity contribution is -0.169. The van der Waals surface area contributed by atoms with Crippen molar-refractivity contribution in [2.24, 2.45) is 5.92 Å². The van der Waals surface area contributed by atoms with Gasteiger partial charge in [0.15, 0.2) is 16.6 Å². The summed E-state index contributed by atoms with van der Waals surface area (Å²) >= 11 is 0. The van der Waals surface area contributed by atoms with Crippen molar-refractivity contribution in [3.63, 3.8) is 0 Å². The first-order chi connectivity index (χ1) is 10.9. The zero-order valence-corrected chi connectivity index (χ0v) is 19.9. The quantitative estimate of drug-likeness (QED) is 0.564. The fourth-order valence-corrected chi connectivity index (χ4v) is 6.75. The minimum absolute atomic E-state index is 0.0197. The Kier molecular flexibility index (Phi) is 5.81. The number of aliphatic carboxylic acids is 1. The van der Waals surface area contributed by atoms with Crippen LogP contribution in [0, 0.1) is 5.92 Å². The molecule has 0 aromatic heterocycles. The Hall–Kier alpha value is -0.666. The molecule has 0 aliphatic carbocycles. The van der Waals surface area contributed by atoms with Gasteiger partial charge in [0.1, 0.15) is 6.04 Å². The maximum Gasteiger partial charge on any atom is 0.326 e. The van der Waals surface area contributed by atoms with Crippen molar-refractivity contribution in [2.75, 3.05) is 0 Å². The molecule has 146 valence electrons. The van der Waals surface area contributed by atoms with Crippen LogP contribution in [0.25, 0.3) is 0 Å². The summed E-state index contributed by atoms with van der Waals surface area (Å²) in [6.45, 7) is 23.0. The molecular formula is C18H37NO4Si2. The second kappa shape index (κ2) is 6.49. The Morgan fingerprint density at radius 3 is 1.84 bits per heavy atom. The summed E-state index contributed by atoms with van der Waals surface area (Å²) in [5.74, 6) is -1.55. The summed E-state index contributed by atoms with van der Waals surface area (Å²) in [6, 6.07) is -0.770. The predicted octanol–water partition coefficient (Wildman–Crippen LogP) is 4.31. The summed E-state index contributed by atoms with van der Waals surface area (Å²) < 4.78 is 8.03. The highest BCUT2D eigenvalue weighted by Crippen LogP contribution is 2.47. The van der Waals surface area contributed by atoms with Crippen molar-refractivity contribution >= 4 is 28.4 Å². The fraction of sp³-hybridized carbons (Fsp3) is 0.889. The minimum Gasteiger partial charge on any atom is -0.480 e. The van der Waals surface area contributed by atoms with Crippen LogP contribution in [0.5, 0.6) is 0 Å². The average Bonchev–Trinajstić information content (AvgIpc) is 2.31. The molecule has 5 nitrogen and oxygen atoms in total. The lowest BCUT2D eigenvalue weighted by atomic mass is 9.86. The highest BCUT2D eigenvalue weighted by molar-refractivity contribution is 6.80.